The Morgan fingerprint density at radius 2 is 1.76 bits per heavy atom. The largest absolute Gasteiger partial charge is 0.503 e. The second kappa shape index (κ2) is 8.53. The predicted molar refractivity (Wildman–Crippen MR) is 124 cm³/mol. The number of Topliss-reactive ketones (excluding diaryl/α,β-unsaturated/α-hetero) is 1. The molecule has 0 saturated heterocycles. The lowest BCUT2D eigenvalue weighted by atomic mass is 9.94. The molecule has 0 saturated carbocycles. The fraction of sp³-hybridized carbons (Fsp3) is 0.0769. The quantitative estimate of drug-likeness (QED) is 0.314. The molecular formula is C26H16BrF2NO4. The number of furan rings is 1. The van der Waals surface area contributed by atoms with E-state index in [-0.39, 0.29) is 23.4 Å². The van der Waals surface area contributed by atoms with Crippen molar-refractivity contribution in [3.05, 3.63) is 117 Å². The molecule has 1 aliphatic heterocycles. The van der Waals surface area contributed by atoms with Crippen LogP contribution in [-0.2, 0) is 11.3 Å². The molecule has 0 radical (unpaired) electrons. The molecule has 5 rings (SSSR count). The lowest BCUT2D eigenvalue weighted by molar-refractivity contribution is -0.130. The molecule has 1 unspecified atom stereocenters. The maximum atomic E-state index is 14.9. The maximum absolute atomic E-state index is 14.9. The van der Waals surface area contributed by atoms with Crippen molar-refractivity contribution in [2.24, 2.45) is 0 Å². The summed E-state index contributed by atoms with van der Waals surface area (Å²) in [7, 11) is 0. The minimum atomic E-state index is -1.20. The summed E-state index contributed by atoms with van der Waals surface area (Å²) in [6, 6.07) is 16.7. The minimum Gasteiger partial charge on any atom is -0.503 e. The van der Waals surface area contributed by atoms with Gasteiger partial charge in [0.2, 0.25) is 5.78 Å². The zero-order valence-electron chi connectivity index (χ0n) is 17.5. The van der Waals surface area contributed by atoms with Crippen molar-refractivity contribution in [2.75, 3.05) is 0 Å². The lowest BCUT2D eigenvalue weighted by Crippen LogP contribution is -2.31. The van der Waals surface area contributed by atoms with Crippen LogP contribution in [0.1, 0.15) is 27.7 Å². The normalized spacial score (nSPS) is 16.0. The molecular weight excluding hydrogens is 508 g/mol. The monoisotopic (exact) mass is 523 g/mol. The lowest BCUT2D eigenvalue weighted by Gasteiger charge is -2.27. The van der Waals surface area contributed by atoms with Gasteiger partial charge in [-0.3, -0.25) is 9.59 Å². The highest BCUT2D eigenvalue weighted by Crippen LogP contribution is 2.41. The van der Waals surface area contributed by atoms with Gasteiger partial charge in [-0.1, -0.05) is 46.3 Å². The molecule has 4 aromatic rings. The van der Waals surface area contributed by atoms with E-state index in [2.05, 4.69) is 15.9 Å². The summed E-state index contributed by atoms with van der Waals surface area (Å²) in [4.78, 5) is 27.8. The Kier molecular flexibility index (Phi) is 5.53. The molecule has 2 heterocycles. The van der Waals surface area contributed by atoms with Gasteiger partial charge in [0.15, 0.2) is 11.5 Å². The molecule has 1 N–H and O–H groups in total. The zero-order valence-corrected chi connectivity index (χ0v) is 19.1. The van der Waals surface area contributed by atoms with Crippen molar-refractivity contribution in [2.45, 2.75) is 12.6 Å². The SMILES string of the molecule is O=C(C1=C(O)C(=O)N(Cc2ccc(F)cc2)C1c1ccccc1F)c1cc2cc(Br)ccc2o1. The number of rotatable bonds is 5. The van der Waals surface area contributed by atoms with Gasteiger partial charge in [-0.2, -0.15) is 0 Å². The van der Waals surface area contributed by atoms with Crippen LogP contribution >= 0.6 is 15.9 Å². The van der Waals surface area contributed by atoms with Crippen molar-refractivity contribution < 1.29 is 27.9 Å². The van der Waals surface area contributed by atoms with E-state index >= 15 is 0 Å². The average Bonchev–Trinajstić information content (AvgIpc) is 3.34. The van der Waals surface area contributed by atoms with E-state index in [1.165, 1.54) is 53.4 Å². The van der Waals surface area contributed by atoms with Crippen molar-refractivity contribution in [3.8, 4) is 0 Å². The molecule has 8 heteroatoms. The Bertz CT molecular complexity index is 1480. The van der Waals surface area contributed by atoms with Gasteiger partial charge in [-0.05, 0) is 48.0 Å². The van der Waals surface area contributed by atoms with Gasteiger partial charge in [0.25, 0.3) is 5.91 Å². The first-order chi connectivity index (χ1) is 16.3. The topological polar surface area (TPSA) is 70.8 Å². The Hall–Kier alpha value is -3.78. The number of carbonyl (C=O) groups excluding carboxylic acids is 2. The van der Waals surface area contributed by atoms with Crippen LogP contribution in [-0.4, -0.2) is 21.7 Å². The van der Waals surface area contributed by atoms with Crippen LogP contribution < -0.4 is 0 Å². The summed E-state index contributed by atoms with van der Waals surface area (Å²) in [5.74, 6) is -3.52. The van der Waals surface area contributed by atoms with Crippen LogP contribution in [0, 0.1) is 11.6 Å². The van der Waals surface area contributed by atoms with Crippen LogP contribution in [0.25, 0.3) is 11.0 Å². The number of fused-ring (bicyclic) bond motifs is 1. The summed E-state index contributed by atoms with van der Waals surface area (Å²) in [6.07, 6.45) is 0. The van der Waals surface area contributed by atoms with Gasteiger partial charge in [0.05, 0.1) is 11.6 Å². The van der Waals surface area contributed by atoms with Crippen molar-refractivity contribution >= 4 is 38.6 Å². The van der Waals surface area contributed by atoms with Gasteiger partial charge in [-0.15, -0.1) is 0 Å². The van der Waals surface area contributed by atoms with Crippen LogP contribution in [0.3, 0.4) is 0 Å². The van der Waals surface area contributed by atoms with Crippen LogP contribution in [0.15, 0.2) is 93.0 Å². The molecule has 34 heavy (non-hydrogen) atoms. The zero-order chi connectivity index (χ0) is 24.0. The number of hydrogen-bond donors (Lipinski definition) is 1. The molecule has 0 spiro atoms. The van der Waals surface area contributed by atoms with E-state index in [0.29, 0.717) is 16.5 Å². The first-order valence-corrected chi connectivity index (χ1v) is 11.1. The van der Waals surface area contributed by atoms with Crippen LogP contribution in [0.5, 0.6) is 0 Å². The van der Waals surface area contributed by atoms with Crippen LogP contribution in [0.2, 0.25) is 0 Å². The molecule has 1 amide bonds. The fourth-order valence-electron chi connectivity index (χ4n) is 4.11. The highest BCUT2D eigenvalue weighted by atomic mass is 79.9. The number of carbonyl (C=O) groups is 2. The molecule has 0 aliphatic carbocycles. The third-order valence-electron chi connectivity index (χ3n) is 5.72. The third-order valence-corrected chi connectivity index (χ3v) is 6.21. The van der Waals surface area contributed by atoms with Crippen molar-refractivity contribution in [1.82, 2.24) is 4.90 Å². The number of halogens is 3. The molecule has 1 atom stereocenters. The van der Waals surface area contributed by atoms with E-state index < -0.39 is 35.1 Å². The average molecular weight is 524 g/mol. The molecule has 1 aromatic heterocycles. The van der Waals surface area contributed by atoms with E-state index in [0.717, 1.165) is 4.47 Å². The molecule has 1 aliphatic rings. The summed E-state index contributed by atoms with van der Waals surface area (Å²) in [6.45, 7) is -0.0773. The van der Waals surface area contributed by atoms with Gasteiger partial charge in [0, 0.05) is 22.0 Å². The number of ketones is 1. The maximum Gasteiger partial charge on any atom is 0.290 e. The number of aliphatic hydroxyl groups excluding tert-OH is 1. The van der Waals surface area contributed by atoms with Crippen molar-refractivity contribution in [3.63, 3.8) is 0 Å². The fourth-order valence-corrected chi connectivity index (χ4v) is 4.49. The molecule has 3 aromatic carbocycles. The first kappa shape index (κ1) is 22.0. The first-order valence-electron chi connectivity index (χ1n) is 10.3. The molecule has 0 fully saturated rings. The van der Waals surface area contributed by atoms with E-state index in [1.807, 2.05) is 0 Å². The molecule has 0 bridgehead atoms. The Balaban J connectivity index is 1.61. The smallest absolute Gasteiger partial charge is 0.290 e. The Morgan fingerprint density at radius 3 is 2.50 bits per heavy atom. The van der Waals surface area contributed by atoms with Gasteiger partial charge in [-0.25, -0.2) is 8.78 Å². The number of amides is 1. The Morgan fingerprint density at radius 1 is 1.03 bits per heavy atom. The second-order valence-electron chi connectivity index (χ2n) is 7.87. The highest BCUT2D eigenvalue weighted by molar-refractivity contribution is 9.10. The van der Waals surface area contributed by atoms with Crippen molar-refractivity contribution in [1.29, 1.82) is 0 Å². The number of hydrogen-bond acceptors (Lipinski definition) is 4. The molecule has 170 valence electrons. The second-order valence-corrected chi connectivity index (χ2v) is 8.78. The predicted octanol–water partition coefficient (Wildman–Crippen LogP) is 6.25. The molecule has 5 nitrogen and oxygen atoms in total. The summed E-state index contributed by atoms with van der Waals surface area (Å²) in [5.41, 5.74) is 0.757. The number of benzene rings is 3. The van der Waals surface area contributed by atoms with Crippen LogP contribution in [0.4, 0.5) is 8.78 Å². The summed E-state index contributed by atoms with van der Waals surface area (Å²) < 4.78 is 34.7. The van der Waals surface area contributed by atoms with E-state index in [4.69, 9.17) is 4.42 Å². The summed E-state index contributed by atoms with van der Waals surface area (Å²) >= 11 is 3.36. The van der Waals surface area contributed by atoms with Gasteiger partial charge in [0.1, 0.15) is 17.2 Å². The number of aliphatic hydroxyl groups is 1. The Labute approximate surface area is 201 Å². The van der Waals surface area contributed by atoms with Gasteiger partial charge < -0.3 is 14.4 Å². The number of nitrogens with zero attached hydrogens (tertiary/aromatic N) is 1. The van der Waals surface area contributed by atoms with E-state index in [1.54, 1.807) is 24.3 Å². The third kappa shape index (κ3) is 3.80. The minimum absolute atomic E-state index is 0.0456. The van der Waals surface area contributed by atoms with E-state index in [9.17, 15) is 23.5 Å². The standard InChI is InChI=1S/C26H16BrF2NO4/c27-16-7-10-20-15(11-16)12-21(34-20)24(31)22-23(18-3-1-2-4-19(18)29)30(26(33)25(22)32)13-14-5-8-17(28)9-6-14/h1-12,23,32H,13H2. The highest BCUT2D eigenvalue weighted by Gasteiger charge is 2.45. The summed E-state index contributed by atoms with van der Waals surface area (Å²) in [5, 5.41) is 11.4. The van der Waals surface area contributed by atoms with Gasteiger partial charge >= 0.3 is 0 Å².